The highest BCUT2D eigenvalue weighted by Gasteiger charge is 2.27. The SMILES string of the molecule is CCCCC1CCC(C(=O)NCC2CNCCC2C)CC1. The molecule has 0 aromatic heterocycles. The van der Waals surface area contributed by atoms with Crippen molar-refractivity contribution in [1.82, 2.24) is 10.6 Å². The Morgan fingerprint density at radius 1 is 1.19 bits per heavy atom. The topological polar surface area (TPSA) is 41.1 Å². The van der Waals surface area contributed by atoms with Gasteiger partial charge < -0.3 is 10.6 Å². The molecule has 1 aliphatic heterocycles. The molecule has 2 aliphatic rings. The average Bonchev–Trinajstić information content (AvgIpc) is 2.52. The molecule has 122 valence electrons. The summed E-state index contributed by atoms with van der Waals surface area (Å²) in [5.41, 5.74) is 0. The molecule has 2 N–H and O–H groups in total. The zero-order valence-corrected chi connectivity index (χ0v) is 14.0. The normalized spacial score (nSPS) is 33.6. The van der Waals surface area contributed by atoms with Gasteiger partial charge in [-0.1, -0.05) is 33.1 Å². The molecule has 2 rings (SSSR count). The number of unbranched alkanes of at least 4 members (excludes halogenated alkanes) is 1. The molecule has 0 aromatic carbocycles. The average molecular weight is 294 g/mol. The molecular weight excluding hydrogens is 260 g/mol. The highest BCUT2D eigenvalue weighted by Crippen LogP contribution is 2.32. The Morgan fingerprint density at radius 2 is 1.95 bits per heavy atom. The minimum absolute atomic E-state index is 0.287. The van der Waals surface area contributed by atoms with Crippen LogP contribution in [-0.4, -0.2) is 25.5 Å². The van der Waals surface area contributed by atoms with Gasteiger partial charge in [-0.2, -0.15) is 0 Å². The molecule has 1 saturated heterocycles. The number of carbonyl (C=O) groups is 1. The highest BCUT2D eigenvalue weighted by molar-refractivity contribution is 5.78. The molecule has 1 heterocycles. The largest absolute Gasteiger partial charge is 0.356 e. The summed E-state index contributed by atoms with van der Waals surface area (Å²) in [4.78, 5) is 12.3. The van der Waals surface area contributed by atoms with Crippen LogP contribution in [0.1, 0.15) is 65.2 Å². The molecule has 0 radical (unpaired) electrons. The van der Waals surface area contributed by atoms with Crippen LogP contribution < -0.4 is 10.6 Å². The summed E-state index contributed by atoms with van der Waals surface area (Å²) < 4.78 is 0. The van der Waals surface area contributed by atoms with Crippen molar-refractivity contribution < 1.29 is 4.79 Å². The highest BCUT2D eigenvalue weighted by atomic mass is 16.1. The molecule has 2 fully saturated rings. The van der Waals surface area contributed by atoms with Crippen LogP contribution in [0.2, 0.25) is 0 Å². The number of hydrogen-bond donors (Lipinski definition) is 2. The summed E-state index contributed by atoms with van der Waals surface area (Å²) in [5, 5.41) is 6.67. The molecule has 0 spiro atoms. The minimum Gasteiger partial charge on any atom is -0.356 e. The van der Waals surface area contributed by atoms with Gasteiger partial charge in [-0.15, -0.1) is 0 Å². The van der Waals surface area contributed by atoms with Crippen molar-refractivity contribution in [1.29, 1.82) is 0 Å². The third-order valence-corrected chi connectivity index (χ3v) is 5.71. The number of piperidine rings is 1. The van der Waals surface area contributed by atoms with Gasteiger partial charge in [0.1, 0.15) is 0 Å². The standard InChI is InChI=1S/C18H34N2O/c1-3-4-5-15-6-8-16(9-7-15)18(21)20-13-17-12-19-11-10-14(17)2/h14-17,19H,3-13H2,1-2H3,(H,20,21). The second-order valence-corrected chi connectivity index (χ2v) is 7.34. The van der Waals surface area contributed by atoms with E-state index in [0.29, 0.717) is 11.8 Å². The molecule has 3 heteroatoms. The fourth-order valence-corrected chi connectivity index (χ4v) is 3.91. The number of nitrogens with one attached hydrogen (secondary N) is 2. The molecule has 3 nitrogen and oxygen atoms in total. The van der Waals surface area contributed by atoms with E-state index in [1.54, 1.807) is 0 Å². The van der Waals surface area contributed by atoms with Crippen LogP contribution in [0.25, 0.3) is 0 Å². The Hall–Kier alpha value is -0.570. The van der Waals surface area contributed by atoms with E-state index in [-0.39, 0.29) is 5.92 Å². The minimum atomic E-state index is 0.287. The fraction of sp³-hybridized carbons (Fsp3) is 0.944. The third kappa shape index (κ3) is 5.28. The van der Waals surface area contributed by atoms with Gasteiger partial charge in [0.05, 0.1) is 0 Å². The van der Waals surface area contributed by atoms with Gasteiger partial charge in [0.25, 0.3) is 0 Å². The predicted molar refractivity (Wildman–Crippen MR) is 88.1 cm³/mol. The second-order valence-electron chi connectivity index (χ2n) is 7.34. The lowest BCUT2D eigenvalue weighted by Crippen LogP contribution is -2.44. The van der Waals surface area contributed by atoms with Crippen LogP contribution in [0, 0.1) is 23.7 Å². The van der Waals surface area contributed by atoms with E-state index < -0.39 is 0 Å². The first-order valence-corrected chi connectivity index (χ1v) is 9.19. The van der Waals surface area contributed by atoms with E-state index in [1.807, 2.05) is 0 Å². The molecule has 1 saturated carbocycles. The molecule has 2 atom stereocenters. The number of carbonyl (C=O) groups excluding carboxylic acids is 1. The lowest BCUT2D eigenvalue weighted by molar-refractivity contribution is -0.126. The van der Waals surface area contributed by atoms with Crippen molar-refractivity contribution in [2.75, 3.05) is 19.6 Å². The molecule has 2 unspecified atom stereocenters. The van der Waals surface area contributed by atoms with E-state index in [1.165, 1.54) is 38.5 Å². The maximum absolute atomic E-state index is 12.3. The number of amides is 1. The molecule has 0 aromatic rings. The van der Waals surface area contributed by atoms with Crippen LogP contribution in [0.15, 0.2) is 0 Å². The van der Waals surface area contributed by atoms with Crippen LogP contribution in [-0.2, 0) is 4.79 Å². The molecular formula is C18H34N2O. The fourth-order valence-electron chi connectivity index (χ4n) is 3.91. The van der Waals surface area contributed by atoms with Crippen LogP contribution in [0.4, 0.5) is 0 Å². The summed E-state index contributed by atoms with van der Waals surface area (Å²) >= 11 is 0. The number of hydrogen-bond acceptors (Lipinski definition) is 2. The first-order valence-electron chi connectivity index (χ1n) is 9.19. The Labute approximate surface area is 130 Å². The summed E-state index contributed by atoms with van der Waals surface area (Å²) in [5.74, 6) is 2.84. The molecule has 1 amide bonds. The summed E-state index contributed by atoms with van der Waals surface area (Å²) in [6.07, 6.45) is 10.0. The summed E-state index contributed by atoms with van der Waals surface area (Å²) in [6, 6.07) is 0. The van der Waals surface area contributed by atoms with Crippen molar-refractivity contribution in [3.8, 4) is 0 Å². The van der Waals surface area contributed by atoms with Gasteiger partial charge >= 0.3 is 0 Å². The predicted octanol–water partition coefficient (Wildman–Crippen LogP) is 3.34. The lowest BCUT2D eigenvalue weighted by Gasteiger charge is -2.31. The lowest BCUT2D eigenvalue weighted by atomic mass is 9.79. The molecule has 1 aliphatic carbocycles. The van der Waals surface area contributed by atoms with Crippen LogP contribution in [0.5, 0.6) is 0 Å². The van der Waals surface area contributed by atoms with Crippen molar-refractivity contribution in [3.63, 3.8) is 0 Å². The third-order valence-electron chi connectivity index (χ3n) is 5.71. The zero-order chi connectivity index (χ0) is 15.1. The van der Waals surface area contributed by atoms with E-state index >= 15 is 0 Å². The number of rotatable bonds is 6. The van der Waals surface area contributed by atoms with E-state index in [0.717, 1.165) is 44.3 Å². The van der Waals surface area contributed by atoms with Crippen LogP contribution >= 0.6 is 0 Å². The summed E-state index contributed by atoms with van der Waals surface area (Å²) in [6.45, 7) is 7.64. The molecule has 21 heavy (non-hydrogen) atoms. The first kappa shape index (κ1) is 16.8. The van der Waals surface area contributed by atoms with Crippen LogP contribution in [0.3, 0.4) is 0 Å². The maximum Gasteiger partial charge on any atom is 0.223 e. The van der Waals surface area contributed by atoms with Crippen molar-refractivity contribution in [3.05, 3.63) is 0 Å². The van der Waals surface area contributed by atoms with Crippen molar-refractivity contribution in [2.45, 2.75) is 65.2 Å². The Morgan fingerprint density at radius 3 is 2.62 bits per heavy atom. The quantitative estimate of drug-likeness (QED) is 0.789. The van der Waals surface area contributed by atoms with Gasteiger partial charge in [-0.3, -0.25) is 4.79 Å². The van der Waals surface area contributed by atoms with Crippen molar-refractivity contribution in [2.24, 2.45) is 23.7 Å². The van der Waals surface area contributed by atoms with E-state index in [4.69, 9.17) is 0 Å². The van der Waals surface area contributed by atoms with Gasteiger partial charge in [0.15, 0.2) is 0 Å². The van der Waals surface area contributed by atoms with Gasteiger partial charge in [0, 0.05) is 12.5 Å². The summed E-state index contributed by atoms with van der Waals surface area (Å²) in [7, 11) is 0. The van der Waals surface area contributed by atoms with Gasteiger partial charge in [0.2, 0.25) is 5.91 Å². The Kier molecular flexibility index (Phi) is 7.01. The smallest absolute Gasteiger partial charge is 0.223 e. The van der Waals surface area contributed by atoms with Crippen molar-refractivity contribution >= 4 is 5.91 Å². The Balaban J connectivity index is 1.65. The van der Waals surface area contributed by atoms with E-state index in [9.17, 15) is 4.79 Å². The van der Waals surface area contributed by atoms with Gasteiger partial charge in [-0.05, 0) is 62.9 Å². The second kappa shape index (κ2) is 8.77. The van der Waals surface area contributed by atoms with E-state index in [2.05, 4.69) is 24.5 Å². The van der Waals surface area contributed by atoms with Gasteiger partial charge in [-0.25, -0.2) is 0 Å². The molecule has 0 bridgehead atoms. The first-order chi connectivity index (χ1) is 10.2. The monoisotopic (exact) mass is 294 g/mol. The maximum atomic E-state index is 12.3. The zero-order valence-electron chi connectivity index (χ0n) is 14.0. The Bertz CT molecular complexity index is 310.